The minimum Gasteiger partial charge on any atom is -0.385 e. The van der Waals surface area contributed by atoms with Crippen molar-refractivity contribution in [2.45, 2.75) is 44.9 Å². The maximum absolute atomic E-state index is 5.17. The van der Waals surface area contributed by atoms with Gasteiger partial charge < -0.3 is 10.1 Å². The van der Waals surface area contributed by atoms with E-state index in [1.165, 1.54) is 44.4 Å². The zero-order valence-corrected chi connectivity index (χ0v) is 10.4. The highest BCUT2D eigenvalue weighted by Crippen LogP contribution is 2.48. The fourth-order valence-electron chi connectivity index (χ4n) is 2.32. The van der Waals surface area contributed by atoms with Crippen molar-refractivity contribution in [1.82, 2.24) is 5.32 Å². The van der Waals surface area contributed by atoms with Crippen LogP contribution < -0.4 is 5.32 Å². The number of hydrogen-bond donors (Lipinski definition) is 1. The Morgan fingerprint density at radius 2 is 2.19 bits per heavy atom. The summed E-state index contributed by atoms with van der Waals surface area (Å²) in [5.41, 5.74) is 0.533. The highest BCUT2D eigenvalue weighted by Gasteiger charge is 2.41. The predicted molar refractivity (Wildman–Crippen MR) is 66.9 cm³/mol. The lowest BCUT2D eigenvalue weighted by Crippen LogP contribution is -2.30. The first-order valence-electron chi connectivity index (χ1n) is 6.61. The number of methoxy groups -OCH3 is 1. The van der Waals surface area contributed by atoms with Gasteiger partial charge in [-0.25, -0.2) is 0 Å². The van der Waals surface area contributed by atoms with E-state index in [0.717, 1.165) is 26.1 Å². The summed E-state index contributed by atoms with van der Waals surface area (Å²) in [6, 6.07) is 0. The molecule has 3 nitrogen and oxygen atoms in total. The van der Waals surface area contributed by atoms with Crippen molar-refractivity contribution in [3.8, 4) is 0 Å². The Morgan fingerprint density at radius 3 is 2.94 bits per heavy atom. The third-order valence-electron chi connectivity index (χ3n) is 3.84. The molecule has 0 aromatic heterocycles. The van der Waals surface area contributed by atoms with E-state index in [4.69, 9.17) is 4.74 Å². The van der Waals surface area contributed by atoms with E-state index in [-0.39, 0.29) is 0 Å². The van der Waals surface area contributed by atoms with Gasteiger partial charge in [0.2, 0.25) is 0 Å². The predicted octanol–water partition coefficient (Wildman–Crippen LogP) is 2.37. The normalized spacial score (nSPS) is 23.4. The smallest absolute Gasteiger partial charge is 0.0963 e. The molecule has 1 heterocycles. The molecular weight excluding hydrogens is 200 g/mol. The van der Waals surface area contributed by atoms with Gasteiger partial charge in [-0.1, -0.05) is 6.42 Å². The Kier molecular flexibility index (Phi) is 4.22. The fraction of sp³-hybridized carbons (Fsp3) is 0.923. The van der Waals surface area contributed by atoms with Crippen LogP contribution in [0.3, 0.4) is 0 Å². The Morgan fingerprint density at radius 1 is 1.31 bits per heavy atom. The summed E-state index contributed by atoms with van der Waals surface area (Å²) in [5, 5.41) is 3.57. The average molecular weight is 224 g/mol. The van der Waals surface area contributed by atoms with Gasteiger partial charge in [-0.15, -0.1) is 0 Å². The Balaban J connectivity index is 1.71. The number of hydrogen-bond acceptors (Lipinski definition) is 3. The summed E-state index contributed by atoms with van der Waals surface area (Å²) < 4.78 is 5.17. The lowest BCUT2D eigenvalue weighted by atomic mass is 10.0. The highest BCUT2D eigenvalue weighted by molar-refractivity contribution is 5.82. The molecule has 3 heteroatoms. The van der Waals surface area contributed by atoms with Gasteiger partial charge in [-0.3, -0.25) is 4.99 Å². The molecule has 92 valence electrons. The minimum absolute atomic E-state index is 0.533. The SMILES string of the molecule is COCCC1(CNC2=NCCCCC2)CC1. The van der Waals surface area contributed by atoms with Gasteiger partial charge in [0.05, 0.1) is 5.84 Å². The molecule has 0 spiro atoms. The second-order valence-electron chi connectivity index (χ2n) is 5.24. The molecular formula is C13H24N2O. The summed E-state index contributed by atoms with van der Waals surface area (Å²) in [6.07, 6.45) is 8.97. The summed E-state index contributed by atoms with van der Waals surface area (Å²) in [6.45, 7) is 3.02. The fourth-order valence-corrected chi connectivity index (χ4v) is 2.32. The van der Waals surface area contributed by atoms with Crippen molar-refractivity contribution in [3.63, 3.8) is 0 Å². The van der Waals surface area contributed by atoms with Crippen LogP contribution in [0.25, 0.3) is 0 Å². The van der Waals surface area contributed by atoms with Crippen LogP contribution in [0.15, 0.2) is 4.99 Å². The lowest BCUT2D eigenvalue weighted by molar-refractivity contribution is 0.172. The Bertz CT molecular complexity index is 246. The second-order valence-corrected chi connectivity index (χ2v) is 5.24. The standard InChI is InChI=1S/C13H24N2O/c1-16-10-8-13(6-7-13)11-15-12-5-3-2-4-9-14-12/h2-11H2,1H3,(H,14,15). The van der Waals surface area contributed by atoms with Crippen LogP contribution in [0.2, 0.25) is 0 Å². The topological polar surface area (TPSA) is 33.6 Å². The molecule has 0 aromatic rings. The third-order valence-corrected chi connectivity index (χ3v) is 3.84. The molecule has 0 amide bonds. The summed E-state index contributed by atoms with van der Waals surface area (Å²) in [5.74, 6) is 1.25. The summed E-state index contributed by atoms with van der Waals surface area (Å²) >= 11 is 0. The quantitative estimate of drug-likeness (QED) is 0.778. The third kappa shape index (κ3) is 3.48. The highest BCUT2D eigenvalue weighted by atomic mass is 16.5. The van der Waals surface area contributed by atoms with Crippen molar-refractivity contribution in [2.24, 2.45) is 10.4 Å². The van der Waals surface area contributed by atoms with E-state index in [1.54, 1.807) is 7.11 Å². The number of nitrogens with zero attached hydrogens (tertiary/aromatic N) is 1. The maximum Gasteiger partial charge on any atom is 0.0963 e. The van der Waals surface area contributed by atoms with Crippen LogP contribution in [-0.2, 0) is 4.74 Å². The molecule has 16 heavy (non-hydrogen) atoms. The van der Waals surface area contributed by atoms with Crippen molar-refractivity contribution in [3.05, 3.63) is 0 Å². The van der Waals surface area contributed by atoms with E-state index < -0.39 is 0 Å². The number of amidine groups is 1. The van der Waals surface area contributed by atoms with Gasteiger partial charge in [-0.2, -0.15) is 0 Å². The van der Waals surface area contributed by atoms with Crippen LogP contribution in [0, 0.1) is 5.41 Å². The van der Waals surface area contributed by atoms with Gasteiger partial charge in [0.15, 0.2) is 0 Å². The molecule has 0 unspecified atom stereocenters. The average Bonchev–Trinajstić information content (AvgIpc) is 3.10. The van der Waals surface area contributed by atoms with Gasteiger partial charge in [0.25, 0.3) is 0 Å². The summed E-state index contributed by atoms with van der Waals surface area (Å²) in [7, 11) is 1.79. The molecule has 1 fully saturated rings. The van der Waals surface area contributed by atoms with E-state index in [0.29, 0.717) is 5.41 Å². The lowest BCUT2D eigenvalue weighted by Gasteiger charge is -2.17. The molecule has 2 rings (SSSR count). The molecule has 0 atom stereocenters. The second kappa shape index (κ2) is 5.67. The first kappa shape index (κ1) is 11.9. The van der Waals surface area contributed by atoms with Crippen molar-refractivity contribution < 1.29 is 4.74 Å². The van der Waals surface area contributed by atoms with Crippen LogP contribution in [0.4, 0.5) is 0 Å². The number of nitrogens with one attached hydrogen (secondary N) is 1. The molecule has 1 N–H and O–H groups in total. The molecule has 0 saturated heterocycles. The van der Waals surface area contributed by atoms with E-state index >= 15 is 0 Å². The zero-order valence-electron chi connectivity index (χ0n) is 10.4. The largest absolute Gasteiger partial charge is 0.385 e. The summed E-state index contributed by atoms with van der Waals surface area (Å²) in [4.78, 5) is 4.61. The van der Waals surface area contributed by atoms with Crippen LogP contribution in [-0.4, -0.2) is 32.6 Å². The Labute approximate surface area is 98.7 Å². The zero-order chi connectivity index (χ0) is 11.3. The first-order chi connectivity index (χ1) is 7.85. The van der Waals surface area contributed by atoms with Crippen LogP contribution in [0.1, 0.15) is 44.9 Å². The van der Waals surface area contributed by atoms with E-state index in [2.05, 4.69) is 10.3 Å². The van der Waals surface area contributed by atoms with Crippen molar-refractivity contribution >= 4 is 5.84 Å². The molecule has 0 radical (unpaired) electrons. The maximum atomic E-state index is 5.17. The molecule has 1 saturated carbocycles. The number of ether oxygens (including phenoxy) is 1. The van der Waals surface area contributed by atoms with E-state index in [9.17, 15) is 0 Å². The monoisotopic (exact) mass is 224 g/mol. The van der Waals surface area contributed by atoms with E-state index in [1.807, 2.05) is 0 Å². The molecule has 0 bridgehead atoms. The number of rotatable bonds is 5. The minimum atomic E-state index is 0.533. The van der Waals surface area contributed by atoms with Crippen molar-refractivity contribution in [2.75, 3.05) is 26.8 Å². The first-order valence-corrected chi connectivity index (χ1v) is 6.61. The molecule has 1 aliphatic carbocycles. The van der Waals surface area contributed by atoms with Gasteiger partial charge in [0.1, 0.15) is 0 Å². The van der Waals surface area contributed by atoms with Gasteiger partial charge in [0, 0.05) is 33.2 Å². The van der Waals surface area contributed by atoms with Crippen LogP contribution in [0.5, 0.6) is 0 Å². The van der Waals surface area contributed by atoms with Gasteiger partial charge >= 0.3 is 0 Å². The van der Waals surface area contributed by atoms with Crippen LogP contribution >= 0.6 is 0 Å². The van der Waals surface area contributed by atoms with Gasteiger partial charge in [-0.05, 0) is 37.5 Å². The Hall–Kier alpha value is -0.570. The molecule has 2 aliphatic rings. The molecule has 1 aliphatic heterocycles. The van der Waals surface area contributed by atoms with Crippen molar-refractivity contribution in [1.29, 1.82) is 0 Å². The number of aliphatic imine (C=N–C) groups is 1. The molecule has 0 aromatic carbocycles.